The number of rotatable bonds is 4. The average Bonchev–Trinajstić information content (AvgIpc) is 2.61. The molecule has 0 unspecified atom stereocenters. The van der Waals surface area contributed by atoms with Crippen LogP contribution in [0.1, 0.15) is 11.3 Å². The van der Waals surface area contributed by atoms with Gasteiger partial charge in [-0.25, -0.2) is 9.97 Å². The summed E-state index contributed by atoms with van der Waals surface area (Å²) in [6.45, 7) is 1.89. The molecular weight excluding hydrogens is 380 g/mol. The molecule has 25 heavy (non-hydrogen) atoms. The van der Waals surface area contributed by atoms with E-state index < -0.39 is 0 Å². The number of aromatic nitrogens is 2. The molecule has 1 heterocycles. The van der Waals surface area contributed by atoms with Crippen LogP contribution in [0.15, 0.2) is 64.2 Å². The molecule has 1 aromatic heterocycles. The van der Waals surface area contributed by atoms with Gasteiger partial charge in [0.05, 0.1) is 11.8 Å². The highest BCUT2D eigenvalue weighted by Crippen LogP contribution is 2.27. The molecule has 3 rings (SSSR count). The van der Waals surface area contributed by atoms with Crippen molar-refractivity contribution in [3.8, 4) is 17.1 Å². The molecule has 0 saturated heterocycles. The Kier molecular flexibility index (Phi) is 5.09. The number of benzene rings is 2. The quantitative estimate of drug-likeness (QED) is 0.524. The Balaban J connectivity index is 1.89. The van der Waals surface area contributed by atoms with Gasteiger partial charge in [-0.3, -0.25) is 5.01 Å². The Bertz CT molecular complexity index is 910. The van der Waals surface area contributed by atoms with E-state index in [2.05, 4.69) is 31.0 Å². The smallest absolute Gasteiger partial charge is 0.165 e. The molecule has 0 spiro atoms. The summed E-state index contributed by atoms with van der Waals surface area (Å²) in [7, 11) is 1.83. The van der Waals surface area contributed by atoms with Crippen LogP contribution in [0.4, 0.5) is 5.82 Å². The predicted molar refractivity (Wildman–Crippen MR) is 104 cm³/mol. The second-order valence-electron chi connectivity index (χ2n) is 5.53. The zero-order valence-electron chi connectivity index (χ0n) is 13.9. The maximum Gasteiger partial charge on any atom is 0.165 e. The van der Waals surface area contributed by atoms with E-state index >= 15 is 0 Å². The van der Waals surface area contributed by atoms with E-state index in [1.54, 1.807) is 29.4 Å². The summed E-state index contributed by atoms with van der Waals surface area (Å²) in [4.78, 5) is 8.94. The first-order valence-electron chi connectivity index (χ1n) is 7.70. The van der Waals surface area contributed by atoms with Crippen LogP contribution in [0.3, 0.4) is 0 Å². The van der Waals surface area contributed by atoms with E-state index in [-0.39, 0.29) is 5.75 Å². The van der Waals surface area contributed by atoms with Crippen molar-refractivity contribution >= 4 is 28.0 Å². The monoisotopic (exact) mass is 396 g/mol. The Morgan fingerprint density at radius 3 is 2.52 bits per heavy atom. The lowest BCUT2D eigenvalue weighted by atomic mass is 10.2. The second kappa shape index (κ2) is 7.44. The molecule has 1 N–H and O–H groups in total. The number of halogens is 1. The number of hydrogen-bond acceptors (Lipinski definition) is 5. The number of aryl methyl sites for hydroxylation is 1. The van der Waals surface area contributed by atoms with Crippen molar-refractivity contribution in [3.63, 3.8) is 0 Å². The number of phenols is 1. The molecule has 0 amide bonds. The molecule has 0 bridgehead atoms. The van der Waals surface area contributed by atoms with Crippen molar-refractivity contribution < 1.29 is 5.11 Å². The van der Waals surface area contributed by atoms with Gasteiger partial charge in [0.25, 0.3) is 0 Å². The third-order valence-electron chi connectivity index (χ3n) is 3.57. The Hall–Kier alpha value is -2.73. The molecule has 0 atom stereocenters. The van der Waals surface area contributed by atoms with E-state index in [0.717, 1.165) is 15.7 Å². The first-order chi connectivity index (χ1) is 12.0. The number of hydrazone groups is 1. The molecule has 0 aliphatic rings. The van der Waals surface area contributed by atoms with Gasteiger partial charge in [0.2, 0.25) is 0 Å². The molecule has 0 aliphatic carbocycles. The summed E-state index contributed by atoms with van der Waals surface area (Å²) in [5.41, 5.74) is 2.38. The molecule has 126 valence electrons. The first kappa shape index (κ1) is 17.1. The van der Waals surface area contributed by atoms with Crippen LogP contribution < -0.4 is 5.01 Å². The minimum absolute atomic E-state index is 0.153. The average molecular weight is 397 g/mol. The lowest BCUT2D eigenvalue weighted by Crippen LogP contribution is -2.12. The van der Waals surface area contributed by atoms with Crippen LogP contribution in [-0.2, 0) is 0 Å². The Morgan fingerprint density at radius 2 is 1.80 bits per heavy atom. The van der Waals surface area contributed by atoms with Gasteiger partial charge in [0.1, 0.15) is 5.75 Å². The van der Waals surface area contributed by atoms with Gasteiger partial charge in [-0.05, 0) is 36.8 Å². The van der Waals surface area contributed by atoms with Gasteiger partial charge in [-0.2, -0.15) is 5.10 Å². The Morgan fingerprint density at radius 1 is 1.08 bits per heavy atom. The minimum Gasteiger partial charge on any atom is -0.507 e. The highest BCUT2D eigenvalue weighted by Gasteiger charge is 2.10. The summed E-state index contributed by atoms with van der Waals surface area (Å²) in [6.07, 6.45) is 1.77. The van der Waals surface area contributed by atoms with Gasteiger partial charge in [-0.1, -0.05) is 40.2 Å². The van der Waals surface area contributed by atoms with Crippen LogP contribution in [0.25, 0.3) is 11.4 Å². The highest BCUT2D eigenvalue weighted by atomic mass is 79.9. The lowest BCUT2D eigenvalue weighted by molar-refractivity contribution is 0.477. The van der Waals surface area contributed by atoms with Gasteiger partial charge in [0.15, 0.2) is 11.6 Å². The maximum absolute atomic E-state index is 10.0. The van der Waals surface area contributed by atoms with Gasteiger partial charge in [0, 0.05) is 23.3 Å². The van der Waals surface area contributed by atoms with Gasteiger partial charge >= 0.3 is 0 Å². The lowest BCUT2D eigenvalue weighted by Gasteiger charge is -2.14. The number of nitrogens with zero attached hydrogens (tertiary/aromatic N) is 4. The van der Waals surface area contributed by atoms with Gasteiger partial charge < -0.3 is 5.11 Å². The third-order valence-corrected chi connectivity index (χ3v) is 4.10. The van der Waals surface area contributed by atoms with Crippen LogP contribution in [0.5, 0.6) is 5.75 Å². The van der Waals surface area contributed by atoms with E-state index in [9.17, 15) is 5.11 Å². The van der Waals surface area contributed by atoms with Gasteiger partial charge in [-0.15, -0.1) is 0 Å². The minimum atomic E-state index is 0.153. The fourth-order valence-corrected chi connectivity index (χ4v) is 2.53. The van der Waals surface area contributed by atoms with Crippen LogP contribution >= 0.6 is 15.9 Å². The fourth-order valence-electron chi connectivity index (χ4n) is 2.26. The highest BCUT2D eigenvalue weighted by molar-refractivity contribution is 9.10. The van der Waals surface area contributed by atoms with E-state index in [1.165, 1.54) is 0 Å². The molecule has 0 radical (unpaired) electrons. The summed E-state index contributed by atoms with van der Waals surface area (Å²) in [5, 5.41) is 16.1. The van der Waals surface area contributed by atoms with E-state index in [4.69, 9.17) is 0 Å². The zero-order valence-corrected chi connectivity index (χ0v) is 15.5. The SMILES string of the molecule is Cc1cc(N(C)/N=C/c2ccc(Br)cc2)nc(-c2ccccc2O)n1. The fraction of sp³-hybridized carbons (Fsp3) is 0.105. The Labute approximate surface area is 154 Å². The molecule has 3 aromatic rings. The van der Waals surface area contributed by atoms with Crippen LogP contribution in [0, 0.1) is 6.92 Å². The molecule has 0 fully saturated rings. The van der Waals surface area contributed by atoms with Crippen LogP contribution in [-0.4, -0.2) is 28.3 Å². The van der Waals surface area contributed by atoms with Crippen molar-refractivity contribution in [2.75, 3.05) is 12.1 Å². The van der Waals surface area contributed by atoms with Crippen molar-refractivity contribution in [2.24, 2.45) is 5.10 Å². The molecule has 0 saturated carbocycles. The maximum atomic E-state index is 10.0. The largest absolute Gasteiger partial charge is 0.507 e. The van der Waals surface area contributed by atoms with Crippen LogP contribution in [0.2, 0.25) is 0 Å². The molecule has 5 nitrogen and oxygen atoms in total. The summed E-state index contributed by atoms with van der Waals surface area (Å²) >= 11 is 3.41. The topological polar surface area (TPSA) is 61.6 Å². The van der Waals surface area contributed by atoms with Crippen molar-refractivity contribution in [2.45, 2.75) is 6.92 Å². The zero-order chi connectivity index (χ0) is 17.8. The molecule has 6 heteroatoms. The molecular formula is C19H17BrN4O. The number of para-hydroxylation sites is 1. The number of phenolic OH excluding ortho intramolecular Hbond substituents is 1. The van der Waals surface area contributed by atoms with Crippen molar-refractivity contribution in [1.82, 2.24) is 9.97 Å². The summed E-state index contributed by atoms with van der Waals surface area (Å²) in [5.74, 6) is 1.28. The molecule has 0 aliphatic heterocycles. The number of aromatic hydroxyl groups is 1. The van der Waals surface area contributed by atoms with Crippen molar-refractivity contribution in [3.05, 3.63) is 70.3 Å². The normalized spacial score (nSPS) is 11.0. The van der Waals surface area contributed by atoms with E-state index in [0.29, 0.717) is 17.2 Å². The second-order valence-corrected chi connectivity index (χ2v) is 6.44. The number of anilines is 1. The van der Waals surface area contributed by atoms with E-state index in [1.807, 2.05) is 50.4 Å². The first-order valence-corrected chi connectivity index (χ1v) is 8.49. The third kappa shape index (κ3) is 4.22. The van der Waals surface area contributed by atoms with Crippen molar-refractivity contribution in [1.29, 1.82) is 0 Å². The summed E-state index contributed by atoms with van der Waals surface area (Å²) < 4.78 is 1.02. The number of hydrogen-bond donors (Lipinski definition) is 1. The summed E-state index contributed by atoms with van der Waals surface area (Å²) in [6, 6.07) is 16.7. The standard InChI is InChI=1S/C19H17BrN4O/c1-13-11-18(23-19(22-13)16-5-3-4-6-17(16)25)24(2)21-12-14-7-9-15(20)10-8-14/h3-12,25H,1-2H3/b21-12+. The predicted octanol–water partition coefficient (Wildman–Crippen LogP) is 4.39. The molecule has 2 aromatic carbocycles.